The van der Waals surface area contributed by atoms with Gasteiger partial charge in [0.2, 0.25) is 5.13 Å². The first-order valence-electron chi connectivity index (χ1n) is 6.70. The molecule has 1 aromatic carbocycles. The zero-order chi connectivity index (χ0) is 14.1. The maximum absolute atomic E-state index is 13.8. The first kappa shape index (κ1) is 13.4. The van der Waals surface area contributed by atoms with Gasteiger partial charge in [0.15, 0.2) is 0 Å². The SMILES string of the molecule is CCc1nsc(N2CCC(c3c(F)cccc3F)C2)n1. The zero-order valence-electron chi connectivity index (χ0n) is 11.1. The van der Waals surface area contributed by atoms with Gasteiger partial charge in [-0.05, 0) is 18.6 Å². The van der Waals surface area contributed by atoms with E-state index in [1.165, 1.54) is 29.7 Å². The number of benzene rings is 1. The van der Waals surface area contributed by atoms with Crippen LogP contribution in [-0.4, -0.2) is 22.4 Å². The number of halogens is 2. The lowest BCUT2D eigenvalue weighted by atomic mass is 9.97. The van der Waals surface area contributed by atoms with Gasteiger partial charge in [-0.15, -0.1) is 0 Å². The standard InChI is InChI=1S/C14H15F2N3S/c1-2-12-17-14(20-18-12)19-7-6-9(8-19)13-10(15)4-3-5-11(13)16/h3-5,9H,2,6-8H2,1H3. The molecule has 3 nitrogen and oxygen atoms in total. The van der Waals surface area contributed by atoms with Crippen LogP contribution >= 0.6 is 11.5 Å². The molecule has 3 rings (SSSR count). The van der Waals surface area contributed by atoms with Crippen LogP contribution in [0.2, 0.25) is 0 Å². The molecule has 0 aliphatic carbocycles. The van der Waals surface area contributed by atoms with Crippen molar-refractivity contribution in [3.8, 4) is 0 Å². The summed E-state index contributed by atoms with van der Waals surface area (Å²) in [5, 5.41) is 0.848. The highest BCUT2D eigenvalue weighted by Gasteiger charge is 2.29. The average Bonchev–Trinajstić information content (AvgIpc) is 3.06. The van der Waals surface area contributed by atoms with Crippen molar-refractivity contribution in [3.63, 3.8) is 0 Å². The van der Waals surface area contributed by atoms with Crippen LogP contribution in [0.4, 0.5) is 13.9 Å². The van der Waals surface area contributed by atoms with Gasteiger partial charge in [-0.2, -0.15) is 4.37 Å². The van der Waals surface area contributed by atoms with Crippen LogP contribution in [0.15, 0.2) is 18.2 Å². The molecule has 6 heteroatoms. The first-order chi connectivity index (χ1) is 9.69. The second kappa shape index (κ2) is 5.44. The lowest BCUT2D eigenvalue weighted by Gasteiger charge is -2.15. The van der Waals surface area contributed by atoms with Gasteiger partial charge in [0.05, 0.1) is 0 Å². The van der Waals surface area contributed by atoms with E-state index in [-0.39, 0.29) is 11.5 Å². The second-order valence-corrected chi connectivity index (χ2v) is 5.64. The maximum Gasteiger partial charge on any atom is 0.205 e. The molecule has 0 spiro atoms. The molecule has 20 heavy (non-hydrogen) atoms. The number of nitrogens with zero attached hydrogens (tertiary/aromatic N) is 3. The van der Waals surface area contributed by atoms with E-state index in [2.05, 4.69) is 14.3 Å². The Bertz CT molecular complexity index is 594. The first-order valence-corrected chi connectivity index (χ1v) is 7.47. The Labute approximate surface area is 120 Å². The number of aryl methyl sites for hydroxylation is 1. The van der Waals surface area contributed by atoms with Crippen LogP contribution in [-0.2, 0) is 6.42 Å². The van der Waals surface area contributed by atoms with Gasteiger partial charge in [0, 0.05) is 42.5 Å². The van der Waals surface area contributed by atoms with E-state index in [4.69, 9.17) is 0 Å². The molecule has 0 amide bonds. The Kier molecular flexibility index (Phi) is 3.65. The minimum Gasteiger partial charge on any atom is -0.346 e. The van der Waals surface area contributed by atoms with Crippen molar-refractivity contribution >= 4 is 16.7 Å². The van der Waals surface area contributed by atoms with Crippen LogP contribution in [0.5, 0.6) is 0 Å². The van der Waals surface area contributed by atoms with Crippen LogP contribution in [0.3, 0.4) is 0 Å². The van der Waals surface area contributed by atoms with Crippen molar-refractivity contribution < 1.29 is 8.78 Å². The van der Waals surface area contributed by atoms with E-state index in [0.29, 0.717) is 6.54 Å². The van der Waals surface area contributed by atoms with E-state index < -0.39 is 11.6 Å². The quantitative estimate of drug-likeness (QED) is 0.869. The third-order valence-electron chi connectivity index (χ3n) is 3.64. The van der Waals surface area contributed by atoms with Gasteiger partial charge in [-0.25, -0.2) is 13.8 Å². The highest BCUT2D eigenvalue weighted by molar-refractivity contribution is 7.09. The van der Waals surface area contributed by atoms with Crippen LogP contribution in [0, 0.1) is 11.6 Å². The molecule has 1 aliphatic heterocycles. The summed E-state index contributed by atoms with van der Waals surface area (Å²) in [6, 6.07) is 4.04. The van der Waals surface area contributed by atoms with E-state index >= 15 is 0 Å². The summed E-state index contributed by atoms with van der Waals surface area (Å²) >= 11 is 1.35. The van der Waals surface area contributed by atoms with E-state index in [1.54, 1.807) is 0 Å². The topological polar surface area (TPSA) is 29.0 Å². The molecule has 0 saturated carbocycles. The maximum atomic E-state index is 13.8. The lowest BCUT2D eigenvalue weighted by Crippen LogP contribution is -2.19. The van der Waals surface area contributed by atoms with E-state index in [0.717, 1.165) is 30.3 Å². The number of hydrogen-bond donors (Lipinski definition) is 0. The molecule has 1 unspecified atom stereocenters. The van der Waals surface area contributed by atoms with Gasteiger partial charge in [-0.1, -0.05) is 13.0 Å². The predicted octanol–water partition coefficient (Wildman–Crippen LogP) is 3.37. The van der Waals surface area contributed by atoms with E-state index in [9.17, 15) is 8.78 Å². The highest BCUT2D eigenvalue weighted by atomic mass is 32.1. The fourth-order valence-corrected chi connectivity index (χ4v) is 3.37. The molecule has 1 aromatic heterocycles. The van der Waals surface area contributed by atoms with Gasteiger partial charge in [0.25, 0.3) is 0 Å². The van der Waals surface area contributed by atoms with Crippen molar-refractivity contribution in [2.75, 3.05) is 18.0 Å². The molecular formula is C14H15F2N3S. The number of rotatable bonds is 3. The van der Waals surface area contributed by atoms with Crippen molar-refractivity contribution in [2.24, 2.45) is 0 Å². The summed E-state index contributed by atoms with van der Waals surface area (Å²) in [6.07, 6.45) is 1.54. The number of anilines is 1. The van der Waals surface area contributed by atoms with Gasteiger partial charge in [-0.3, -0.25) is 0 Å². The highest BCUT2D eigenvalue weighted by Crippen LogP contribution is 2.34. The third kappa shape index (κ3) is 2.40. The summed E-state index contributed by atoms with van der Waals surface area (Å²) in [6.45, 7) is 3.36. The molecular weight excluding hydrogens is 280 g/mol. The Morgan fingerprint density at radius 2 is 2.10 bits per heavy atom. The Hall–Kier alpha value is -1.56. The molecule has 2 heterocycles. The summed E-state index contributed by atoms with van der Waals surface area (Å²) < 4.78 is 31.9. The molecule has 0 bridgehead atoms. The van der Waals surface area contributed by atoms with Gasteiger partial charge >= 0.3 is 0 Å². The monoisotopic (exact) mass is 295 g/mol. The van der Waals surface area contributed by atoms with E-state index in [1.807, 2.05) is 6.92 Å². The van der Waals surface area contributed by atoms with Crippen LogP contribution in [0.25, 0.3) is 0 Å². The van der Waals surface area contributed by atoms with Crippen LogP contribution in [0.1, 0.15) is 30.7 Å². The van der Waals surface area contributed by atoms with Crippen molar-refractivity contribution in [1.82, 2.24) is 9.36 Å². The molecule has 1 fully saturated rings. The molecule has 0 radical (unpaired) electrons. The third-order valence-corrected chi connectivity index (χ3v) is 4.46. The summed E-state index contributed by atoms with van der Waals surface area (Å²) in [5.41, 5.74) is 0.204. The molecule has 1 aliphatic rings. The van der Waals surface area contributed by atoms with Crippen LogP contribution < -0.4 is 4.90 Å². The molecule has 106 valence electrons. The molecule has 2 aromatic rings. The summed E-state index contributed by atoms with van der Waals surface area (Å²) in [5.74, 6) is -0.206. The Morgan fingerprint density at radius 1 is 1.35 bits per heavy atom. The number of aromatic nitrogens is 2. The van der Waals surface area contributed by atoms with Crippen molar-refractivity contribution in [1.29, 1.82) is 0 Å². The predicted molar refractivity (Wildman–Crippen MR) is 75.2 cm³/mol. The molecule has 1 saturated heterocycles. The fraction of sp³-hybridized carbons (Fsp3) is 0.429. The minimum atomic E-state index is -0.455. The normalized spacial score (nSPS) is 18.8. The summed E-state index contributed by atoms with van der Waals surface area (Å²) in [7, 11) is 0. The number of hydrogen-bond acceptors (Lipinski definition) is 4. The summed E-state index contributed by atoms with van der Waals surface area (Å²) in [4.78, 5) is 6.49. The Morgan fingerprint density at radius 3 is 2.75 bits per heavy atom. The zero-order valence-corrected chi connectivity index (χ0v) is 12.0. The fourth-order valence-electron chi connectivity index (χ4n) is 2.59. The minimum absolute atomic E-state index is 0.120. The van der Waals surface area contributed by atoms with Gasteiger partial charge < -0.3 is 4.90 Å². The van der Waals surface area contributed by atoms with Gasteiger partial charge in [0.1, 0.15) is 17.5 Å². The van der Waals surface area contributed by atoms with Crippen molar-refractivity contribution in [2.45, 2.75) is 25.7 Å². The lowest BCUT2D eigenvalue weighted by molar-refractivity contribution is 0.533. The Balaban J connectivity index is 1.79. The smallest absolute Gasteiger partial charge is 0.205 e. The molecule has 0 N–H and O–H groups in total. The second-order valence-electron chi connectivity index (χ2n) is 4.91. The largest absolute Gasteiger partial charge is 0.346 e. The average molecular weight is 295 g/mol. The van der Waals surface area contributed by atoms with Crippen molar-refractivity contribution in [3.05, 3.63) is 41.2 Å². The molecule has 1 atom stereocenters.